The molecule has 4 nitrogen and oxygen atoms in total. The van der Waals surface area contributed by atoms with E-state index in [2.05, 4.69) is 5.32 Å². The summed E-state index contributed by atoms with van der Waals surface area (Å²) in [5.41, 5.74) is 1.24. The number of furan rings is 1. The largest absolute Gasteiger partial charge is 0.475 e. The molecular weight excluding hydrogens is 300 g/mol. The number of nitrogens with one attached hydrogen (secondary N) is 1. The lowest BCUT2D eigenvalue weighted by atomic mass is 10.2. The van der Waals surface area contributed by atoms with Crippen LogP contribution in [0.3, 0.4) is 0 Å². The Morgan fingerprint density at radius 3 is 2.76 bits per heavy atom. The Bertz CT molecular complexity index is 643. The Kier molecular flexibility index (Phi) is 4.85. The topological polar surface area (TPSA) is 62.5 Å². The number of thioether (sulfide) groups is 1. The lowest BCUT2D eigenvalue weighted by Gasteiger charge is -2.10. The number of hydrogen-bond donors (Lipinski definition) is 2. The molecule has 0 saturated carbocycles. The first-order valence-electron chi connectivity index (χ1n) is 6.07. The third-order valence-electron chi connectivity index (χ3n) is 2.80. The van der Waals surface area contributed by atoms with Crippen LogP contribution in [0.25, 0.3) is 0 Å². The maximum absolute atomic E-state index is 12.5. The number of alkyl halides is 2. The number of aromatic carboxylic acids is 1. The molecule has 2 rings (SSSR count). The van der Waals surface area contributed by atoms with Gasteiger partial charge in [0.05, 0.1) is 0 Å². The number of rotatable bonds is 6. The summed E-state index contributed by atoms with van der Waals surface area (Å²) in [5, 5.41) is 11.9. The van der Waals surface area contributed by atoms with Gasteiger partial charge in [-0.3, -0.25) is 0 Å². The highest BCUT2D eigenvalue weighted by Crippen LogP contribution is 2.32. The first-order valence-corrected chi connectivity index (χ1v) is 6.95. The van der Waals surface area contributed by atoms with Gasteiger partial charge in [0.2, 0.25) is 5.76 Å². The van der Waals surface area contributed by atoms with Gasteiger partial charge in [-0.1, -0.05) is 23.9 Å². The molecule has 0 aliphatic rings. The number of aryl methyl sites for hydroxylation is 1. The van der Waals surface area contributed by atoms with E-state index in [0.29, 0.717) is 40.2 Å². The van der Waals surface area contributed by atoms with Crippen LogP contribution in [0.5, 0.6) is 0 Å². The Morgan fingerprint density at radius 1 is 1.43 bits per heavy atom. The first kappa shape index (κ1) is 15.4. The van der Waals surface area contributed by atoms with Gasteiger partial charge in [0.15, 0.2) is 0 Å². The van der Waals surface area contributed by atoms with Crippen molar-refractivity contribution in [3.05, 3.63) is 47.4 Å². The SMILES string of the molecule is Cc1oc(C(=O)O)cc1CNc1ccccc1SC(F)F. The molecule has 0 unspecified atom stereocenters. The minimum atomic E-state index is -2.50. The standard InChI is InChI=1S/C14H13F2NO3S/c1-8-9(6-11(20-8)13(18)19)7-17-10-4-2-3-5-12(10)21-14(15)16/h2-6,14,17H,7H2,1H3,(H,18,19). The molecule has 7 heteroatoms. The Morgan fingerprint density at radius 2 is 2.14 bits per heavy atom. The molecule has 1 heterocycles. The molecule has 2 N–H and O–H groups in total. The van der Waals surface area contributed by atoms with E-state index < -0.39 is 11.7 Å². The summed E-state index contributed by atoms with van der Waals surface area (Å²) in [6.07, 6.45) is 0. The molecule has 21 heavy (non-hydrogen) atoms. The highest BCUT2D eigenvalue weighted by Gasteiger charge is 2.14. The number of carbonyl (C=O) groups is 1. The van der Waals surface area contributed by atoms with E-state index in [4.69, 9.17) is 9.52 Å². The van der Waals surface area contributed by atoms with Crippen molar-refractivity contribution in [3.8, 4) is 0 Å². The van der Waals surface area contributed by atoms with E-state index in [1.807, 2.05) is 0 Å². The lowest BCUT2D eigenvalue weighted by Crippen LogP contribution is -2.01. The number of halogens is 2. The molecule has 0 saturated heterocycles. The molecule has 0 fully saturated rings. The summed E-state index contributed by atoms with van der Waals surface area (Å²) >= 11 is 0.461. The van der Waals surface area contributed by atoms with Crippen LogP contribution in [0.15, 0.2) is 39.6 Å². The molecule has 1 aromatic heterocycles. The highest BCUT2D eigenvalue weighted by atomic mass is 32.2. The van der Waals surface area contributed by atoms with Crippen molar-refractivity contribution in [1.29, 1.82) is 0 Å². The summed E-state index contributed by atoms with van der Waals surface area (Å²) in [4.78, 5) is 11.3. The molecule has 0 radical (unpaired) electrons. The zero-order valence-electron chi connectivity index (χ0n) is 11.1. The zero-order valence-corrected chi connectivity index (χ0v) is 11.9. The molecule has 2 aromatic rings. The molecule has 0 aliphatic heterocycles. The fourth-order valence-electron chi connectivity index (χ4n) is 1.80. The summed E-state index contributed by atoms with van der Waals surface area (Å²) in [6, 6.07) is 8.14. The number of carboxylic acid groups (broad SMARTS) is 1. The Labute approximate surface area is 124 Å². The fraction of sp³-hybridized carbons (Fsp3) is 0.214. The third-order valence-corrected chi connectivity index (χ3v) is 3.59. The number of para-hydroxylation sites is 1. The Hall–Kier alpha value is -2.02. The van der Waals surface area contributed by atoms with Gasteiger partial charge in [0.25, 0.3) is 5.76 Å². The maximum Gasteiger partial charge on any atom is 0.371 e. The normalized spacial score (nSPS) is 10.9. The van der Waals surface area contributed by atoms with Crippen LogP contribution in [0.4, 0.5) is 14.5 Å². The molecule has 112 valence electrons. The lowest BCUT2D eigenvalue weighted by molar-refractivity contribution is 0.0661. The highest BCUT2D eigenvalue weighted by molar-refractivity contribution is 7.99. The van der Waals surface area contributed by atoms with Crippen molar-refractivity contribution in [1.82, 2.24) is 0 Å². The first-order chi connectivity index (χ1) is 9.97. The van der Waals surface area contributed by atoms with Crippen molar-refractivity contribution in [2.45, 2.75) is 24.1 Å². The fourth-order valence-corrected chi connectivity index (χ4v) is 2.42. The van der Waals surface area contributed by atoms with Crippen LogP contribution in [0.2, 0.25) is 0 Å². The maximum atomic E-state index is 12.5. The summed E-state index contributed by atoms with van der Waals surface area (Å²) in [5.74, 6) is -3.29. The number of benzene rings is 1. The second-order valence-corrected chi connectivity index (χ2v) is 5.26. The van der Waals surface area contributed by atoms with Crippen molar-refractivity contribution in [3.63, 3.8) is 0 Å². The number of anilines is 1. The predicted molar refractivity (Wildman–Crippen MR) is 76.0 cm³/mol. The van der Waals surface area contributed by atoms with Gasteiger partial charge < -0.3 is 14.8 Å². The van der Waals surface area contributed by atoms with E-state index in [-0.39, 0.29) is 5.76 Å². The quantitative estimate of drug-likeness (QED) is 0.782. The molecular formula is C14H13F2NO3S. The summed E-state index contributed by atoms with van der Waals surface area (Å²) < 4.78 is 30.0. The minimum Gasteiger partial charge on any atom is -0.475 e. The van der Waals surface area contributed by atoms with Crippen LogP contribution in [0.1, 0.15) is 21.9 Å². The second-order valence-electron chi connectivity index (χ2n) is 4.23. The van der Waals surface area contributed by atoms with E-state index in [1.165, 1.54) is 6.07 Å². The van der Waals surface area contributed by atoms with Crippen LogP contribution < -0.4 is 5.32 Å². The molecule has 0 bridgehead atoms. The number of hydrogen-bond acceptors (Lipinski definition) is 4. The van der Waals surface area contributed by atoms with Gasteiger partial charge in [-0.05, 0) is 25.1 Å². The minimum absolute atomic E-state index is 0.139. The molecule has 0 aliphatic carbocycles. The summed E-state index contributed by atoms with van der Waals surface area (Å²) in [6.45, 7) is 1.95. The Balaban J connectivity index is 2.11. The van der Waals surface area contributed by atoms with E-state index >= 15 is 0 Å². The van der Waals surface area contributed by atoms with Gasteiger partial charge in [-0.15, -0.1) is 0 Å². The third kappa shape index (κ3) is 3.98. The monoisotopic (exact) mass is 313 g/mol. The zero-order chi connectivity index (χ0) is 15.4. The van der Waals surface area contributed by atoms with Gasteiger partial charge in [0, 0.05) is 22.7 Å². The van der Waals surface area contributed by atoms with E-state index in [1.54, 1.807) is 31.2 Å². The second kappa shape index (κ2) is 6.62. The molecule has 0 spiro atoms. The van der Waals surface area contributed by atoms with Crippen molar-refractivity contribution in [2.24, 2.45) is 0 Å². The van der Waals surface area contributed by atoms with Gasteiger partial charge in [0.1, 0.15) is 5.76 Å². The van der Waals surface area contributed by atoms with Crippen molar-refractivity contribution in [2.75, 3.05) is 5.32 Å². The number of carboxylic acids is 1. The average molecular weight is 313 g/mol. The average Bonchev–Trinajstić information content (AvgIpc) is 2.79. The van der Waals surface area contributed by atoms with Crippen LogP contribution in [-0.2, 0) is 6.54 Å². The van der Waals surface area contributed by atoms with E-state index in [9.17, 15) is 13.6 Å². The van der Waals surface area contributed by atoms with Crippen LogP contribution >= 0.6 is 11.8 Å². The van der Waals surface area contributed by atoms with Gasteiger partial charge >= 0.3 is 5.97 Å². The van der Waals surface area contributed by atoms with Crippen LogP contribution in [0, 0.1) is 6.92 Å². The van der Waals surface area contributed by atoms with Gasteiger partial charge in [-0.25, -0.2) is 4.79 Å². The van der Waals surface area contributed by atoms with Crippen LogP contribution in [-0.4, -0.2) is 16.8 Å². The van der Waals surface area contributed by atoms with Crippen molar-refractivity contribution < 1.29 is 23.1 Å². The smallest absolute Gasteiger partial charge is 0.371 e. The molecule has 1 aromatic carbocycles. The predicted octanol–water partition coefficient (Wildman–Crippen LogP) is 4.21. The molecule has 0 amide bonds. The summed E-state index contributed by atoms with van der Waals surface area (Å²) in [7, 11) is 0. The van der Waals surface area contributed by atoms with Gasteiger partial charge in [-0.2, -0.15) is 8.78 Å². The van der Waals surface area contributed by atoms with E-state index in [0.717, 1.165) is 0 Å². The van der Waals surface area contributed by atoms with Crippen molar-refractivity contribution >= 4 is 23.4 Å². The molecule has 0 atom stereocenters.